The molecule has 0 spiro atoms. The second-order valence-corrected chi connectivity index (χ2v) is 6.81. The van der Waals surface area contributed by atoms with E-state index in [4.69, 9.17) is 0 Å². The van der Waals surface area contributed by atoms with Crippen molar-refractivity contribution >= 4 is 29.7 Å². The Morgan fingerprint density at radius 2 is 1.43 bits per heavy atom. The molecule has 0 rings (SSSR count). The van der Waals surface area contributed by atoms with Crippen LogP contribution in [-0.4, -0.2) is 62.0 Å². The number of hydrogen-bond donors (Lipinski definition) is 3. The average molecular weight is 401 g/mol. The summed E-state index contributed by atoms with van der Waals surface area (Å²) in [5.41, 5.74) is 0. The highest BCUT2D eigenvalue weighted by atomic mass is 16.5. The van der Waals surface area contributed by atoms with Crippen LogP contribution in [0.3, 0.4) is 0 Å². The topological polar surface area (TPSA) is 140 Å². The van der Waals surface area contributed by atoms with E-state index in [0.29, 0.717) is 6.42 Å². The second kappa shape index (κ2) is 12.7. The molecule has 0 fully saturated rings. The van der Waals surface area contributed by atoms with Gasteiger partial charge in [-0.1, -0.05) is 13.8 Å². The quantitative estimate of drug-likeness (QED) is 0.402. The third kappa shape index (κ3) is 9.89. The van der Waals surface area contributed by atoms with Gasteiger partial charge in [0.05, 0.1) is 14.2 Å². The van der Waals surface area contributed by atoms with E-state index < -0.39 is 47.8 Å². The highest BCUT2D eigenvalue weighted by molar-refractivity contribution is 5.93. The van der Waals surface area contributed by atoms with Crippen molar-refractivity contribution in [2.24, 2.45) is 5.92 Å². The molecule has 10 heteroatoms. The van der Waals surface area contributed by atoms with E-state index >= 15 is 0 Å². The van der Waals surface area contributed by atoms with Gasteiger partial charge < -0.3 is 25.4 Å². The number of methoxy groups -OCH3 is 2. The molecule has 0 saturated carbocycles. The Morgan fingerprint density at radius 3 is 1.89 bits per heavy atom. The van der Waals surface area contributed by atoms with Crippen LogP contribution < -0.4 is 16.0 Å². The van der Waals surface area contributed by atoms with Crippen LogP contribution in [0.2, 0.25) is 0 Å². The maximum atomic E-state index is 12.4. The lowest BCUT2D eigenvalue weighted by Gasteiger charge is -2.23. The van der Waals surface area contributed by atoms with E-state index in [0.717, 1.165) is 0 Å². The standard InChI is InChI=1S/C18H31N3O7/c1-10(2)9-14(18(26)28-6)21-16(24)11(3)19-17(25)13(20-12(4)22)7-8-15(23)27-5/h10-11,13-14H,7-9H2,1-6H3,(H,19,25)(H,20,22)(H,21,24). The van der Waals surface area contributed by atoms with E-state index in [1.807, 2.05) is 13.8 Å². The summed E-state index contributed by atoms with van der Waals surface area (Å²) in [6, 6.07) is -2.80. The van der Waals surface area contributed by atoms with Crippen molar-refractivity contribution in [3.05, 3.63) is 0 Å². The highest BCUT2D eigenvalue weighted by Gasteiger charge is 2.28. The predicted octanol–water partition coefficient (Wildman–Crippen LogP) is -0.347. The number of esters is 2. The Balaban J connectivity index is 4.94. The summed E-state index contributed by atoms with van der Waals surface area (Å²) >= 11 is 0. The zero-order valence-corrected chi connectivity index (χ0v) is 17.3. The molecule has 0 aliphatic carbocycles. The summed E-state index contributed by atoms with van der Waals surface area (Å²) in [5, 5.41) is 7.46. The van der Waals surface area contributed by atoms with E-state index in [1.165, 1.54) is 28.1 Å². The summed E-state index contributed by atoms with van der Waals surface area (Å²) in [6.07, 6.45) is 0.325. The van der Waals surface area contributed by atoms with Crippen LogP contribution in [0.1, 0.15) is 47.0 Å². The first kappa shape index (κ1) is 25.4. The van der Waals surface area contributed by atoms with Crippen molar-refractivity contribution < 1.29 is 33.4 Å². The molecule has 3 unspecified atom stereocenters. The summed E-state index contributed by atoms with van der Waals surface area (Å²) in [4.78, 5) is 59.2. The minimum absolute atomic E-state index is 0.0184. The van der Waals surface area contributed by atoms with Crippen LogP contribution in [0.5, 0.6) is 0 Å². The minimum Gasteiger partial charge on any atom is -0.469 e. The third-order valence-corrected chi connectivity index (χ3v) is 3.82. The number of nitrogens with one attached hydrogen (secondary N) is 3. The van der Waals surface area contributed by atoms with Gasteiger partial charge >= 0.3 is 11.9 Å². The van der Waals surface area contributed by atoms with Gasteiger partial charge in [0.15, 0.2) is 0 Å². The van der Waals surface area contributed by atoms with Gasteiger partial charge in [-0.25, -0.2) is 4.79 Å². The fourth-order valence-electron chi connectivity index (χ4n) is 2.38. The van der Waals surface area contributed by atoms with E-state index in [2.05, 4.69) is 25.4 Å². The number of ether oxygens (including phenoxy) is 2. The van der Waals surface area contributed by atoms with Crippen LogP contribution in [0.25, 0.3) is 0 Å². The molecule has 0 aromatic heterocycles. The van der Waals surface area contributed by atoms with Crippen molar-refractivity contribution in [3.63, 3.8) is 0 Å². The lowest BCUT2D eigenvalue weighted by Crippen LogP contribution is -2.54. The van der Waals surface area contributed by atoms with Crippen molar-refractivity contribution in [2.75, 3.05) is 14.2 Å². The largest absolute Gasteiger partial charge is 0.469 e. The van der Waals surface area contributed by atoms with E-state index in [-0.39, 0.29) is 18.8 Å². The number of amides is 3. The van der Waals surface area contributed by atoms with Gasteiger partial charge in [0, 0.05) is 13.3 Å². The van der Waals surface area contributed by atoms with Gasteiger partial charge in [-0.2, -0.15) is 0 Å². The predicted molar refractivity (Wildman–Crippen MR) is 99.9 cm³/mol. The first-order valence-electron chi connectivity index (χ1n) is 9.04. The molecular formula is C18H31N3O7. The Labute approximate surface area is 165 Å². The van der Waals surface area contributed by atoms with Crippen LogP contribution >= 0.6 is 0 Å². The lowest BCUT2D eigenvalue weighted by molar-refractivity contribution is -0.145. The molecule has 0 aliphatic heterocycles. The van der Waals surface area contributed by atoms with Crippen LogP contribution in [0, 0.1) is 5.92 Å². The molecule has 160 valence electrons. The molecule has 0 radical (unpaired) electrons. The Morgan fingerprint density at radius 1 is 0.821 bits per heavy atom. The van der Waals surface area contributed by atoms with Gasteiger partial charge in [-0.3, -0.25) is 19.2 Å². The maximum absolute atomic E-state index is 12.4. The van der Waals surface area contributed by atoms with Gasteiger partial charge in [0.1, 0.15) is 18.1 Å². The molecule has 0 heterocycles. The first-order chi connectivity index (χ1) is 13.0. The van der Waals surface area contributed by atoms with Crippen LogP contribution in [0.15, 0.2) is 0 Å². The number of carbonyl (C=O) groups is 5. The minimum atomic E-state index is -1.00. The Bertz CT molecular complexity index is 578. The Hall–Kier alpha value is -2.65. The van der Waals surface area contributed by atoms with Crippen molar-refractivity contribution in [3.8, 4) is 0 Å². The smallest absolute Gasteiger partial charge is 0.328 e. The lowest BCUT2D eigenvalue weighted by atomic mass is 10.0. The SMILES string of the molecule is COC(=O)CCC(NC(C)=O)C(=O)NC(C)C(=O)NC(CC(C)C)C(=O)OC. The van der Waals surface area contributed by atoms with Crippen LogP contribution in [-0.2, 0) is 33.4 Å². The zero-order valence-electron chi connectivity index (χ0n) is 17.3. The zero-order chi connectivity index (χ0) is 21.9. The molecule has 3 N–H and O–H groups in total. The molecule has 3 atom stereocenters. The van der Waals surface area contributed by atoms with Gasteiger partial charge in [0.2, 0.25) is 17.7 Å². The average Bonchev–Trinajstić information content (AvgIpc) is 2.62. The summed E-state index contributed by atoms with van der Waals surface area (Å²) in [7, 11) is 2.45. The molecule has 10 nitrogen and oxygen atoms in total. The third-order valence-electron chi connectivity index (χ3n) is 3.82. The maximum Gasteiger partial charge on any atom is 0.328 e. The molecule has 0 aromatic rings. The molecule has 28 heavy (non-hydrogen) atoms. The molecule has 0 saturated heterocycles. The number of rotatable bonds is 11. The fourth-order valence-corrected chi connectivity index (χ4v) is 2.38. The van der Waals surface area contributed by atoms with Crippen molar-refractivity contribution in [2.45, 2.75) is 65.1 Å². The summed E-state index contributed by atoms with van der Waals surface area (Å²) in [5.74, 6) is -2.61. The normalized spacial score (nSPS) is 13.7. The van der Waals surface area contributed by atoms with E-state index in [9.17, 15) is 24.0 Å². The van der Waals surface area contributed by atoms with Crippen LogP contribution in [0.4, 0.5) is 0 Å². The van der Waals surface area contributed by atoms with Gasteiger partial charge in [0.25, 0.3) is 0 Å². The second-order valence-electron chi connectivity index (χ2n) is 6.81. The van der Waals surface area contributed by atoms with Crippen molar-refractivity contribution in [1.29, 1.82) is 0 Å². The first-order valence-corrected chi connectivity index (χ1v) is 9.04. The molecule has 0 aliphatic rings. The summed E-state index contributed by atoms with van der Waals surface area (Å²) < 4.78 is 9.21. The highest BCUT2D eigenvalue weighted by Crippen LogP contribution is 2.07. The number of hydrogen-bond acceptors (Lipinski definition) is 7. The van der Waals surface area contributed by atoms with Gasteiger partial charge in [-0.15, -0.1) is 0 Å². The monoisotopic (exact) mass is 401 g/mol. The summed E-state index contributed by atoms with van der Waals surface area (Å²) in [6.45, 7) is 6.47. The van der Waals surface area contributed by atoms with Gasteiger partial charge in [-0.05, 0) is 25.7 Å². The van der Waals surface area contributed by atoms with E-state index in [1.54, 1.807) is 0 Å². The fraction of sp³-hybridized carbons (Fsp3) is 0.722. The van der Waals surface area contributed by atoms with Crippen molar-refractivity contribution in [1.82, 2.24) is 16.0 Å². The molecule has 0 bridgehead atoms. The molecule has 0 aromatic carbocycles. The molecule has 3 amide bonds. The molecular weight excluding hydrogens is 370 g/mol. The Kier molecular flexibility index (Phi) is 11.5. The number of carbonyl (C=O) groups excluding carboxylic acids is 5.